The van der Waals surface area contributed by atoms with Gasteiger partial charge in [0, 0.05) is 13.2 Å². The van der Waals surface area contributed by atoms with Crippen LogP contribution in [-0.2, 0) is 12.8 Å². The summed E-state index contributed by atoms with van der Waals surface area (Å²) in [7, 11) is 1.46. The molecule has 27 heavy (non-hydrogen) atoms. The third kappa shape index (κ3) is 4.49. The topological polar surface area (TPSA) is 38.2 Å². The standard InChI is InChI=1S/C19H15ClF3N3O/c1-26(16-10-6-5-9-15(16)20)17-14(19(21,22)23)11-24-18(25-17)27-12-13-7-3-2-4-8-13/h2-11H,12H2,1H3. The SMILES string of the molecule is CN(c1ccccc1Cl)c1nc(OCc2ccccc2)ncc1C(F)(F)F. The molecule has 3 aromatic rings. The van der Waals surface area contributed by atoms with Gasteiger partial charge in [0.25, 0.3) is 0 Å². The zero-order chi connectivity index (χ0) is 19.4. The van der Waals surface area contributed by atoms with Crippen LogP contribution >= 0.6 is 11.6 Å². The quantitative estimate of drug-likeness (QED) is 0.574. The lowest BCUT2D eigenvalue weighted by molar-refractivity contribution is -0.137. The third-order valence-electron chi connectivity index (χ3n) is 3.79. The molecule has 0 aliphatic heterocycles. The molecule has 0 amide bonds. The monoisotopic (exact) mass is 393 g/mol. The second kappa shape index (κ2) is 7.84. The molecule has 0 unspecified atom stereocenters. The average molecular weight is 394 g/mol. The van der Waals surface area contributed by atoms with Gasteiger partial charge < -0.3 is 9.64 Å². The van der Waals surface area contributed by atoms with Crippen LogP contribution in [0, 0.1) is 0 Å². The van der Waals surface area contributed by atoms with E-state index in [1.54, 1.807) is 24.3 Å². The van der Waals surface area contributed by atoms with Gasteiger partial charge >= 0.3 is 12.2 Å². The van der Waals surface area contributed by atoms with Crippen molar-refractivity contribution in [3.8, 4) is 6.01 Å². The van der Waals surface area contributed by atoms with E-state index in [0.29, 0.717) is 10.7 Å². The molecule has 0 N–H and O–H groups in total. The van der Waals surface area contributed by atoms with Crippen LogP contribution in [0.2, 0.25) is 5.02 Å². The van der Waals surface area contributed by atoms with Crippen LogP contribution in [0.3, 0.4) is 0 Å². The Morgan fingerprint density at radius 1 is 1.04 bits per heavy atom. The molecule has 3 rings (SSSR count). The van der Waals surface area contributed by atoms with E-state index in [4.69, 9.17) is 16.3 Å². The Morgan fingerprint density at radius 3 is 2.37 bits per heavy atom. The highest BCUT2D eigenvalue weighted by atomic mass is 35.5. The van der Waals surface area contributed by atoms with Crippen molar-refractivity contribution in [3.63, 3.8) is 0 Å². The minimum Gasteiger partial charge on any atom is -0.459 e. The van der Waals surface area contributed by atoms with E-state index < -0.39 is 11.7 Å². The summed E-state index contributed by atoms with van der Waals surface area (Å²) in [6.45, 7) is 0.140. The van der Waals surface area contributed by atoms with E-state index in [0.717, 1.165) is 11.8 Å². The van der Waals surface area contributed by atoms with Crippen molar-refractivity contribution in [2.75, 3.05) is 11.9 Å². The van der Waals surface area contributed by atoms with Crippen LogP contribution in [0.4, 0.5) is 24.7 Å². The van der Waals surface area contributed by atoms with Crippen LogP contribution in [0.5, 0.6) is 6.01 Å². The number of aromatic nitrogens is 2. The Bertz CT molecular complexity index is 920. The smallest absolute Gasteiger partial charge is 0.421 e. The summed E-state index contributed by atoms with van der Waals surface area (Å²) in [5.41, 5.74) is 0.261. The maximum atomic E-state index is 13.4. The van der Waals surface area contributed by atoms with Crippen molar-refractivity contribution in [1.29, 1.82) is 0 Å². The van der Waals surface area contributed by atoms with Gasteiger partial charge in [-0.05, 0) is 17.7 Å². The van der Waals surface area contributed by atoms with Crippen LogP contribution in [-0.4, -0.2) is 17.0 Å². The first-order chi connectivity index (χ1) is 12.9. The average Bonchev–Trinajstić information content (AvgIpc) is 2.66. The van der Waals surface area contributed by atoms with Crippen LogP contribution in [0.25, 0.3) is 0 Å². The fourth-order valence-electron chi connectivity index (χ4n) is 2.44. The zero-order valence-corrected chi connectivity index (χ0v) is 15.0. The first-order valence-corrected chi connectivity index (χ1v) is 8.33. The molecule has 1 aromatic heterocycles. The van der Waals surface area contributed by atoms with E-state index in [2.05, 4.69) is 9.97 Å². The molecule has 1 heterocycles. The molecule has 0 radical (unpaired) electrons. The van der Waals surface area contributed by atoms with Crippen LogP contribution in [0.1, 0.15) is 11.1 Å². The molecule has 8 heteroatoms. The Labute approximate surface area is 159 Å². The van der Waals surface area contributed by atoms with Crippen LogP contribution in [0.15, 0.2) is 60.8 Å². The van der Waals surface area contributed by atoms with Crippen molar-refractivity contribution in [1.82, 2.24) is 9.97 Å². The first-order valence-electron chi connectivity index (χ1n) is 7.95. The molecule has 4 nitrogen and oxygen atoms in total. The normalized spacial score (nSPS) is 11.3. The fraction of sp³-hybridized carbons (Fsp3) is 0.158. The van der Waals surface area contributed by atoms with E-state index in [1.807, 2.05) is 30.3 Å². The highest BCUT2D eigenvalue weighted by Gasteiger charge is 2.37. The Kier molecular flexibility index (Phi) is 5.51. The van der Waals surface area contributed by atoms with Crippen molar-refractivity contribution in [3.05, 3.63) is 76.9 Å². The van der Waals surface area contributed by atoms with Gasteiger partial charge in [-0.2, -0.15) is 18.2 Å². The molecule has 0 saturated carbocycles. The molecule has 2 aromatic carbocycles. The van der Waals surface area contributed by atoms with Gasteiger partial charge in [-0.1, -0.05) is 54.1 Å². The Balaban J connectivity index is 1.95. The number of anilines is 2. The van der Waals surface area contributed by atoms with Crippen molar-refractivity contribution in [2.24, 2.45) is 0 Å². The number of para-hydroxylation sites is 1. The lowest BCUT2D eigenvalue weighted by Crippen LogP contribution is -2.19. The molecule has 0 fully saturated rings. The molecule has 140 valence electrons. The second-order valence-corrected chi connectivity index (χ2v) is 6.08. The van der Waals surface area contributed by atoms with E-state index in [-0.39, 0.29) is 18.4 Å². The second-order valence-electron chi connectivity index (χ2n) is 5.67. The summed E-state index contributed by atoms with van der Waals surface area (Å²) in [5, 5.41) is 0.304. The summed E-state index contributed by atoms with van der Waals surface area (Å²) in [6, 6.07) is 15.6. The summed E-state index contributed by atoms with van der Waals surface area (Å²) >= 11 is 6.12. The third-order valence-corrected chi connectivity index (χ3v) is 4.11. The van der Waals surface area contributed by atoms with Crippen molar-refractivity contribution in [2.45, 2.75) is 12.8 Å². The molecule has 0 atom stereocenters. The minimum atomic E-state index is -4.62. The fourth-order valence-corrected chi connectivity index (χ4v) is 2.70. The lowest BCUT2D eigenvalue weighted by atomic mass is 10.2. The highest BCUT2D eigenvalue weighted by molar-refractivity contribution is 6.33. The minimum absolute atomic E-state index is 0.140. The largest absolute Gasteiger partial charge is 0.459 e. The van der Waals surface area contributed by atoms with E-state index >= 15 is 0 Å². The zero-order valence-electron chi connectivity index (χ0n) is 14.2. The molecule has 0 aliphatic rings. The lowest BCUT2D eigenvalue weighted by Gasteiger charge is -2.23. The van der Waals surface area contributed by atoms with Gasteiger partial charge in [0.1, 0.15) is 12.2 Å². The number of alkyl halides is 3. The summed E-state index contributed by atoms with van der Waals surface area (Å²) in [5.74, 6) is -0.339. The Morgan fingerprint density at radius 2 is 1.70 bits per heavy atom. The number of nitrogens with zero attached hydrogens (tertiary/aromatic N) is 3. The van der Waals surface area contributed by atoms with Crippen molar-refractivity contribution < 1.29 is 17.9 Å². The highest BCUT2D eigenvalue weighted by Crippen LogP contribution is 2.39. The first kappa shape index (κ1) is 19.0. The van der Waals surface area contributed by atoms with Gasteiger partial charge in [0.05, 0.1) is 10.7 Å². The summed E-state index contributed by atoms with van der Waals surface area (Å²) in [4.78, 5) is 8.96. The predicted octanol–water partition coefficient (Wildman–Crippen LogP) is 5.50. The number of rotatable bonds is 5. The number of ether oxygens (including phenoxy) is 1. The predicted molar refractivity (Wildman–Crippen MR) is 97.3 cm³/mol. The number of halogens is 4. The molecule has 0 saturated heterocycles. The summed E-state index contributed by atoms with van der Waals surface area (Å²) < 4.78 is 45.7. The molecular weight excluding hydrogens is 379 g/mol. The number of hydrogen-bond acceptors (Lipinski definition) is 4. The molecule has 0 bridgehead atoms. The van der Waals surface area contributed by atoms with Gasteiger partial charge in [0.2, 0.25) is 0 Å². The number of benzene rings is 2. The summed E-state index contributed by atoms with van der Waals surface area (Å²) in [6.07, 6.45) is -3.90. The van der Waals surface area contributed by atoms with Gasteiger partial charge in [0.15, 0.2) is 5.82 Å². The maximum absolute atomic E-state index is 13.4. The maximum Gasteiger partial charge on any atom is 0.421 e. The molecular formula is C19H15ClF3N3O. The molecule has 0 aliphatic carbocycles. The van der Waals surface area contributed by atoms with Crippen LogP contribution < -0.4 is 9.64 Å². The van der Waals surface area contributed by atoms with E-state index in [1.165, 1.54) is 11.9 Å². The van der Waals surface area contributed by atoms with Gasteiger partial charge in [-0.25, -0.2) is 4.98 Å². The van der Waals surface area contributed by atoms with Gasteiger partial charge in [-0.3, -0.25) is 0 Å². The number of hydrogen-bond donors (Lipinski definition) is 0. The Hall–Kier alpha value is -2.80. The molecule has 0 spiro atoms. The van der Waals surface area contributed by atoms with E-state index in [9.17, 15) is 13.2 Å². The van der Waals surface area contributed by atoms with Crippen molar-refractivity contribution >= 4 is 23.1 Å². The van der Waals surface area contributed by atoms with Gasteiger partial charge in [-0.15, -0.1) is 0 Å².